The normalized spacial score (nSPS) is 11.8. The van der Waals surface area contributed by atoms with Crippen molar-refractivity contribution >= 4 is 46.6 Å². The molecule has 1 atom stereocenters. The molecule has 0 radical (unpaired) electrons. The van der Waals surface area contributed by atoms with Crippen molar-refractivity contribution in [3.05, 3.63) is 68.7 Å². The van der Waals surface area contributed by atoms with Crippen LogP contribution in [0.15, 0.2) is 42.5 Å². The van der Waals surface area contributed by atoms with E-state index in [4.69, 9.17) is 34.8 Å². The van der Waals surface area contributed by atoms with Crippen LogP contribution >= 0.6 is 34.8 Å². The van der Waals surface area contributed by atoms with Crippen molar-refractivity contribution in [2.45, 2.75) is 39.3 Å². The van der Waals surface area contributed by atoms with E-state index in [-0.39, 0.29) is 24.8 Å². The van der Waals surface area contributed by atoms with Gasteiger partial charge >= 0.3 is 0 Å². The van der Waals surface area contributed by atoms with Crippen LogP contribution in [-0.4, -0.2) is 29.3 Å². The molecular formula is C21H23Cl3N2O2. The van der Waals surface area contributed by atoms with Crippen LogP contribution in [0.25, 0.3) is 0 Å². The van der Waals surface area contributed by atoms with Crippen molar-refractivity contribution in [1.29, 1.82) is 0 Å². The van der Waals surface area contributed by atoms with Gasteiger partial charge in [-0.3, -0.25) is 9.59 Å². The van der Waals surface area contributed by atoms with Crippen molar-refractivity contribution in [1.82, 2.24) is 10.2 Å². The molecule has 2 amide bonds. The topological polar surface area (TPSA) is 49.4 Å². The number of hydrogen-bond acceptors (Lipinski definition) is 2. The third-order valence-electron chi connectivity index (χ3n) is 4.37. The van der Waals surface area contributed by atoms with Gasteiger partial charge in [0, 0.05) is 28.2 Å². The predicted molar refractivity (Wildman–Crippen MR) is 115 cm³/mol. The molecule has 0 aliphatic heterocycles. The minimum absolute atomic E-state index is 0.0114. The van der Waals surface area contributed by atoms with Crippen molar-refractivity contribution < 1.29 is 9.59 Å². The standard InChI is InChI=1S/C21H23Cl3N2O2/c1-3-11-25-21(28)14(2)26(13-15-7-9-16(22)10-8-15)20(27)12-17-18(23)5-4-6-19(17)24/h4-10,14H,3,11-13H2,1-2H3,(H,25,28)/t14-/m0/s1. The SMILES string of the molecule is CCCNC(=O)[C@H](C)N(Cc1ccc(Cl)cc1)C(=O)Cc1c(Cl)cccc1Cl. The molecular weight excluding hydrogens is 419 g/mol. The molecule has 1 N–H and O–H groups in total. The lowest BCUT2D eigenvalue weighted by Gasteiger charge is -2.29. The van der Waals surface area contributed by atoms with Crippen LogP contribution in [0.1, 0.15) is 31.4 Å². The highest BCUT2D eigenvalue weighted by Gasteiger charge is 2.27. The Bertz CT molecular complexity index is 805. The molecule has 0 bridgehead atoms. The van der Waals surface area contributed by atoms with Crippen LogP contribution < -0.4 is 5.32 Å². The number of amides is 2. The van der Waals surface area contributed by atoms with Crippen LogP contribution in [0.2, 0.25) is 15.1 Å². The van der Waals surface area contributed by atoms with E-state index in [2.05, 4.69) is 5.32 Å². The number of nitrogens with one attached hydrogen (secondary N) is 1. The fourth-order valence-corrected chi connectivity index (χ4v) is 3.38. The highest BCUT2D eigenvalue weighted by Crippen LogP contribution is 2.26. The van der Waals surface area contributed by atoms with Gasteiger partial charge in [0.15, 0.2) is 0 Å². The maximum absolute atomic E-state index is 13.1. The maximum Gasteiger partial charge on any atom is 0.242 e. The molecule has 0 aliphatic rings. The van der Waals surface area contributed by atoms with E-state index in [0.717, 1.165) is 12.0 Å². The number of benzene rings is 2. The highest BCUT2D eigenvalue weighted by atomic mass is 35.5. The molecule has 0 aliphatic carbocycles. The van der Waals surface area contributed by atoms with Gasteiger partial charge in [0.05, 0.1) is 6.42 Å². The number of nitrogens with zero attached hydrogens (tertiary/aromatic N) is 1. The van der Waals surface area contributed by atoms with E-state index in [1.165, 1.54) is 4.90 Å². The van der Waals surface area contributed by atoms with E-state index in [0.29, 0.717) is 27.2 Å². The van der Waals surface area contributed by atoms with E-state index in [9.17, 15) is 9.59 Å². The first-order valence-corrected chi connectivity index (χ1v) is 10.2. The lowest BCUT2D eigenvalue weighted by molar-refractivity contribution is -0.140. The fraction of sp³-hybridized carbons (Fsp3) is 0.333. The molecule has 0 spiro atoms. The number of carbonyl (C=O) groups excluding carboxylic acids is 2. The smallest absolute Gasteiger partial charge is 0.242 e. The Kier molecular flexibility index (Phi) is 8.61. The summed E-state index contributed by atoms with van der Waals surface area (Å²) in [4.78, 5) is 27.1. The summed E-state index contributed by atoms with van der Waals surface area (Å²) in [6.45, 7) is 4.52. The summed E-state index contributed by atoms with van der Waals surface area (Å²) in [6, 6.07) is 11.7. The lowest BCUT2D eigenvalue weighted by atomic mass is 10.1. The zero-order valence-electron chi connectivity index (χ0n) is 15.8. The highest BCUT2D eigenvalue weighted by molar-refractivity contribution is 6.36. The molecule has 2 rings (SSSR count). The van der Waals surface area contributed by atoms with E-state index in [1.807, 2.05) is 19.1 Å². The summed E-state index contributed by atoms with van der Waals surface area (Å²) in [5.74, 6) is -0.432. The molecule has 150 valence electrons. The summed E-state index contributed by atoms with van der Waals surface area (Å²) in [5, 5.41) is 4.30. The van der Waals surface area contributed by atoms with Crippen LogP contribution in [0, 0.1) is 0 Å². The first-order valence-electron chi connectivity index (χ1n) is 9.08. The first-order chi connectivity index (χ1) is 13.3. The molecule has 0 saturated carbocycles. The van der Waals surface area contributed by atoms with Gasteiger partial charge in [-0.15, -0.1) is 0 Å². The Labute approximate surface area is 180 Å². The second-order valence-electron chi connectivity index (χ2n) is 6.49. The number of halogens is 3. The molecule has 4 nitrogen and oxygen atoms in total. The molecule has 7 heteroatoms. The summed E-state index contributed by atoms with van der Waals surface area (Å²) in [6.07, 6.45) is 0.830. The van der Waals surface area contributed by atoms with Gasteiger partial charge in [-0.25, -0.2) is 0 Å². The molecule has 2 aromatic carbocycles. The summed E-state index contributed by atoms with van der Waals surface area (Å²) in [5.41, 5.74) is 1.43. The van der Waals surface area contributed by atoms with E-state index >= 15 is 0 Å². The molecule has 0 unspecified atom stereocenters. The average molecular weight is 442 g/mol. The van der Waals surface area contributed by atoms with Gasteiger partial charge in [0.25, 0.3) is 0 Å². The second-order valence-corrected chi connectivity index (χ2v) is 7.74. The van der Waals surface area contributed by atoms with Gasteiger partial charge in [-0.2, -0.15) is 0 Å². The third kappa shape index (κ3) is 6.13. The fourth-order valence-electron chi connectivity index (χ4n) is 2.72. The lowest BCUT2D eigenvalue weighted by Crippen LogP contribution is -2.48. The van der Waals surface area contributed by atoms with Crippen molar-refractivity contribution in [2.24, 2.45) is 0 Å². The van der Waals surface area contributed by atoms with Crippen LogP contribution in [0.5, 0.6) is 0 Å². The van der Waals surface area contributed by atoms with Gasteiger partial charge < -0.3 is 10.2 Å². The molecule has 0 saturated heterocycles. The Balaban J connectivity index is 2.26. The molecule has 0 heterocycles. The van der Waals surface area contributed by atoms with Crippen LogP contribution in [0.3, 0.4) is 0 Å². The monoisotopic (exact) mass is 440 g/mol. The van der Waals surface area contributed by atoms with Gasteiger partial charge in [-0.1, -0.05) is 59.9 Å². The third-order valence-corrected chi connectivity index (χ3v) is 5.33. The predicted octanol–water partition coefficient (Wildman–Crippen LogP) is 5.13. The minimum Gasteiger partial charge on any atom is -0.354 e. The van der Waals surface area contributed by atoms with Crippen LogP contribution in [-0.2, 0) is 22.6 Å². The molecule has 0 fully saturated rings. The second kappa shape index (κ2) is 10.7. The Hall–Kier alpha value is -1.75. The van der Waals surface area contributed by atoms with Crippen LogP contribution in [0.4, 0.5) is 0 Å². The molecule has 0 aromatic heterocycles. The Morgan fingerprint density at radius 2 is 1.64 bits per heavy atom. The molecule has 28 heavy (non-hydrogen) atoms. The maximum atomic E-state index is 13.1. The Morgan fingerprint density at radius 3 is 2.21 bits per heavy atom. The number of rotatable bonds is 8. The molecule has 2 aromatic rings. The minimum atomic E-state index is -0.643. The van der Waals surface area contributed by atoms with Crippen molar-refractivity contribution in [3.63, 3.8) is 0 Å². The Morgan fingerprint density at radius 1 is 1.04 bits per heavy atom. The average Bonchev–Trinajstić information content (AvgIpc) is 2.67. The van der Waals surface area contributed by atoms with Gasteiger partial charge in [-0.05, 0) is 48.7 Å². The first kappa shape index (κ1) is 22.5. The quantitative estimate of drug-likeness (QED) is 0.617. The summed E-state index contributed by atoms with van der Waals surface area (Å²) in [7, 11) is 0. The van der Waals surface area contributed by atoms with E-state index in [1.54, 1.807) is 37.3 Å². The number of hydrogen-bond donors (Lipinski definition) is 1. The zero-order valence-corrected chi connectivity index (χ0v) is 18.1. The summed E-state index contributed by atoms with van der Waals surface area (Å²) < 4.78 is 0. The van der Waals surface area contributed by atoms with Crippen molar-refractivity contribution in [3.8, 4) is 0 Å². The van der Waals surface area contributed by atoms with Gasteiger partial charge in [0.2, 0.25) is 11.8 Å². The van der Waals surface area contributed by atoms with Crippen molar-refractivity contribution in [2.75, 3.05) is 6.54 Å². The number of carbonyl (C=O) groups is 2. The van der Waals surface area contributed by atoms with Gasteiger partial charge in [0.1, 0.15) is 6.04 Å². The largest absolute Gasteiger partial charge is 0.354 e. The van der Waals surface area contributed by atoms with E-state index < -0.39 is 6.04 Å². The summed E-state index contributed by atoms with van der Waals surface area (Å²) >= 11 is 18.4. The zero-order chi connectivity index (χ0) is 20.7.